The summed E-state index contributed by atoms with van der Waals surface area (Å²) in [5.41, 5.74) is 4.49. The molecule has 1 aromatic carbocycles. The van der Waals surface area contributed by atoms with Gasteiger partial charge in [0.05, 0.1) is 11.3 Å². The summed E-state index contributed by atoms with van der Waals surface area (Å²) < 4.78 is 7.86. The molecule has 5 rings (SSSR count). The number of carbonyl (C=O) groups is 1. The Morgan fingerprint density at radius 2 is 1.77 bits per heavy atom. The fraction of sp³-hybridized carbons (Fsp3) is 0.296. The lowest BCUT2D eigenvalue weighted by Gasteiger charge is -2.32. The average molecular weight is 469 g/mol. The first-order chi connectivity index (χ1) is 17.0. The molecule has 1 saturated heterocycles. The molecular formula is C27H28N6O2. The summed E-state index contributed by atoms with van der Waals surface area (Å²) >= 11 is 0. The van der Waals surface area contributed by atoms with Crippen molar-refractivity contribution in [3.8, 4) is 17.4 Å². The van der Waals surface area contributed by atoms with Crippen molar-refractivity contribution in [2.24, 2.45) is 0 Å². The topological polar surface area (TPSA) is 86.0 Å². The number of benzene rings is 1. The second kappa shape index (κ2) is 9.66. The van der Waals surface area contributed by atoms with Gasteiger partial charge in [0.25, 0.3) is 5.91 Å². The highest BCUT2D eigenvalue weighted by molar-refractivity contribution is 5.94. The molecule has 8 nitrogen and oxygen atoms in total. The van der Waals surface area contributed by atoms with Gasteiger partial charge in [0.1, 0.15) is 11.4 Å². The van der Waals surface area contributed by atoms with Gasteiger partial charge in [0.15, 0.2) is 5.82 Å². The van der Waals surface area contributed by atoms with Crippen molar-refractivity contribution in [1.29, 1.82) is 0 Å². The van der Waals surface area contributed by atoms with Gasteiger partial charge in [-0.2, -0.15) is 5.10 Å². The molecule has 1 aliphatic heterocycles. The number of hydrogen-bond donors (Lipinski definition) is 0. The molecule has 0 radical (unpaired) electrons. The molecule has 1 amide bonds. The fourth-order valence-electron chi connectivity index (χ4n) is 4.52. The van der Waals surface area contributed by atoms with Gasteiger partial charge in [-0.15, -0.1) is 0 Å². The lowest BCUT2D eigenvalue weighted by molar-refractivity contribution is 0.0711. The molecule has 4 heterocycles. The molecule has 8 heteroatoms. The minimum absolute atomic E-state index is 0.00810. The summed E-state index contributed by atoms with van der Waals surface area (Å²) in [6.45, 7) is 7.25. The monoisotopic (exact) mass is 468 g/mol. The van der Waals surface area contributed by atoms with Crippen LogP contribution in [0.25, 0.3) is 5.82 Å². The Morgan fingerprint density at radius 3 is 2.46 bits per heavy atom. The highest BCUT2D eigenvalue weighted by Crippen LogP contribution is 2.34. The van der Waals surface area contributed by atoms with E-state index in [-0.39, 0.29) is 11.8 Å². The maximum atomic E-state index is 13.1. The molecule has 0 bridgehead atoms. The summed E-state index contributed by atoms with van der Waals surface area (Å²) in [6, 6.07) is 13.6. The SMILES string of the molecule is Cc1cccc(Oc2nccnc2C2CCN(C(=O)c3ccc(-n4nc(C)cc4C)nc3)CC2)c1. The third-order valence-corrected chi connectivity index (χ3v) is 6.29. The molecular weight excluding hydrogens is 440 g/mol. The van der Waals surface area contributed by atoms with E-state index in [1.54, 1.807) is 23.3 Å². The Kier molecular flexibility index (Phi) is 6.27. The maximum Gasteiger partial charge on any atom is 0.255 e. The van der Waals surface area contributed by atoms with Crippen LogP contribution in [0, 0.1) is 20.8 Å². The van der Waals surface area contributed by atoms with Gasteiger partial charge in [-0.3, -0.25) is 9.78 Å². The third-order valence-electron chi connectivity index (χ3n) is 6.29. The van der Waals surface area contributed by atoms with E-state index in [9.17, 15) is 4.79 Å². The second-order valence-electron chi connectivity index (χ2n) is 8.98. The summed E-state index contributed by atoms with van der Waals surface area (Å²) in [4.78, 5) is 28.5. The van der Waals surface area contributed by atoms with Crippen LogP contribution in [-0.4, -0.2) is 48.6 Å². The zero-order valence-corrected chi connectivity index (χ0v) is 20.2. The minimum atomic E-state index is -0.00810. The van der Waals surface area contributed by atoms with Crippen LogP contribution in [0.3, 0.4) is 0 Å². The van der Waals surface area contributed by atoms with Gasteiger partial charge in [0.2, 0.25) is 5.88 Å². The van der Waals surface area contributed by atoms with Gasteiger partial charge in [0, 0.05) is 43.3 Å². The number of hydrogen-bond acceptors (Lipinski definition) is 6. The second-order valence-corrected chi connectivity index (χ2v) is 8.98. The van der Waals surface area contributed by atoms with Crippen molar-refractivity contribution in [1.82, 2.24) is 29.6 Å². The van der Waals surface area contributed by atoms with Crippen LogP contribution in [-0.2, 0) is 0 Å². The Morgan fingerprint density at radius 1 is 0.971 bits per heavy atom. The van der Waals surface area contributed by atoms with E-state index in [0.29, 0.717) is 30.4 Å². The summed E-state index contributed by atoms with van der Waals surface area (Å²) in [6.07, 6.45) is 6.58. The number of aromatic nitrogens is 5. The van der Waals surface area contributed by atoms with E-state index in [1.165, 1.54) is 0 Å². The van der Waals surface area contributed by atoms with Crippen LogP contribution in [0.15, 0.2) is 61.1 Å². The van der Waals surface area contributed by atoms with E-state index in [0.717, 1.165) is 41.2 Å². The summed E-state index contributed by atoms with van der Waals surface area (Å²) in [5, 5.41) is 4.46. The smallest absolute Gasteiger partial charge is 0.255 e. The van der Waals surface area contributed by atoms with Crippen molar-refractivity contribution in [2.75, 3.05) is 13.1 Å². The molecule has 0 saturated carbocycles. The zero-order chi connectivity index (χ0) is 24.4. The Bertz CT molecular complexity index is 1340. The molecule has 0 spiro atoms. The summed E-state index contributed by atoms with van der Waals surface area (Å²) in [5.74, 6) is 2.16. The number of amides is 1. The van der Waals surface area contributed by atoms with Gasteiger partial charge in [-0.25, -0.2) is 14.6 Å². The first kappa shape index (κ1) is 22.7. The fourth-order valence-corrected chi connectivity index (χ4v) is 4.52. The molecule has 4 aromatic rings. The van der Waals surface area contributed by atoms with Crippen molar-refractivity contribution in [3.63, 3.8) is 0 Å². The molecule has 178 valence electrons. The number of piperidine rings is 1. The largest absolute Gasteiger partial charge is 0.437 e. The quantitative estimate of drug-likeness (QED) is 0.418. The number of rotatable bonds is 5. The molecule has 0 atom stereocenters. The van der Waals surface area contributed by atoms with E-state index < -0.39 is 0 Å². The minimum Gasteiger partial charge on any atom is -0.437 e. The van der Waals surface area contributed by atoms with Crippen LogP contribution in [0.1, 0.15) is 51.8 Å². The number of pyridine rings is 1. The highest BCUT2D eigenvalue weighted by atomic mass is 16.5. The van der Waals surface area contributed by atoms with Crippen molar-refractivity contribution < 1.29 is 9.53 Å². The molecule has 1 aliphatic rings. The van der Waals surface area contributed by atoms with E-state index >= 15 is 0 Å². The molecule has 3 aromatic heterocycles. The van der Waals surface area contributed by atoms with Crippen LogP contribution < -0.4 is 4.74 Å². The standard InChI is InChI=1S/C27H28N6O2/c1-18-5-4-6-23(15-18)35-26-25(28-11-12-29-26)21-9-13-32(14-10-21)27(34)22-7-8-24(30-17-22)33-20(3)16-19(2)31-33/h4-8,11-12,15-17,21H,9-10,13-14H2,1-3H3. The van der Waals surface area contributed by atoms with Gasteiger partial charge < -0.3 is 9.64 Å². The first-order valence-electron chi connectivity index (χ1n) is 11.8. The van der Waals surface area contributed by atoms with Gasteiger partial charge >= 0.3 is 0 Å². The summed E-state index contributed by atoms with van der Waals surface area (Å²) in [7, 11) is 0. The number of nitrogens with zero attached hydrogens (tertiary/aromatic N) is 6. The lowest BCUT2D eigenvalue weighted by Crippen LogP contribution is -2.38. The molecule has 1 fully saturated rings. The number of ether oxygens (including phenoxy) is 1. The average Bonchev–Trinajstić information content (AvgIpc) is 3.22. The van der Waals surface area contributed by atoms with E-state index in [1.807, 2.05) is 68.1 Å². The van der Waals surface area contributed by atoms with E-state index in [4.69, 9.17) is 4.74 Å². The number of carbonyl (C=O) groups excluding carboxylic acids is 1. The van der Waals surface area contributed by atoms with E-state index in [2.05, 4.69) is 20.1 Å². The third kappa shape index (κ3) is 4.91. The van der Waals surface area contributed by atoms with Crippen LogP contribution in [0.5, 0.6) is 11.6 Å². The van der Waals surface area contributed by atoms with Gasteiger partial charge in [-0.1, -0.05) is 12.1 Å². The Balaban J connectivity index is 1.25. The Hall–Kier alpha value is -4.07. The van der Waals surface area contributed by atoms with Crippen LogP contribution >= 0.6 is 0 Å². The normalized spacial score (nSPS) is 14.2. The molecule has 0 aliphatic carbocycles. The Labute approximate surface area is 204 Å². The predicted molar refractivity (Wildman–Crippen MR) is 132 cm³/mol. The maximum absolute atomic E-state index is 13.1. The van der Waals surface area contributed by atoms with Crippen LogP contribution in [0.2, 0.25) is 0 Å². The van der Waals surface area contributed by atoms with Gasteiger partial charge in [-0.05, 0) is 69.5 Å². The van der Waals surface area contributed by atoms with Crippen molar-refractivity contribution >= 4 is 5.91 Å². The number of aryl methyl sites for hydroxylation is 3. The molecule has 0 N–H and O–H groups in total. The van der Waals surface area contributed by atoms with Crippen LogP contribution in [0.4, 0.5) is 0 Å². The molecule has 0 unspecified atom stereocenters. The number of likely N-dealkylation sites (tertiary alicyclic amines) is 1. The first-order valence-corrected chi connectivity index (χ1v) is 11.8. The lowest BCUT2D eigenvalue weighted by atomic mass is 9.93. The van der Waals surface area contributed by atoms with Crippen molar-refractivity contribution in [3.05, 3.63) is 89.3 Å². The predicted octanol–water partition coefficient (Wildman–Crippen LogP) is 4.79. The highest BCUT2D eigenvalue weighted by Gasteiger charge is 2.28. The molecule has 35 heavy (non-hydrogen) atoms. The zero-order valence-electron chi connectivity index (χ0n) is 20.2. The van der Waals surface area contributed by atoms with Crippen molar-refractivity contribution in [2.45, 2.75) is 39.5 Å².